The molecule has 4 rings (SSSR count). The fourth-order valence-corrected chi connectivity index (χ4v) is 4.10. The smallest absolute Gasteiger partial charge is 0.417 e. The molecule has 0 bridgehead atoms. The van der Waals surface area contributed by atoms with Crippen LogP contribution in [0.25, 0.3) is 11.1 Å². The summed E-state index contributed by atoms with van der Waals surface area (Å²) in [6.07, 6.45) is -4.26. The molecule has 0 aliphatic heterocycles. The number of hydrogen-bond acceptors (Lipinski definition) is 7. The molecule has 1 amide bonds. The number of amides is 1. The lowest BCUT2D eigenvalue weighted by Crippen LogP contribution is -2.29. The molecule has 9 nitrogen and oxygen atoms in total. The number of rotatable bonds is 8. The van der Waals surface area contributed by atoms with Crippen LogP contribution in [0.4, 0.5) is 29.3 Å². The van der Waals surface area contributed by atoms with Gasteiger partial charge in [0.1, 0.15) is 11.3 Å². The van der Waals surface area contributed by atoms with Crippen molar-refractivity contribution in [2.45, 2.75) is 11.2 Å². The zero-order valence-corrected chi connectivity index (χ0v) is 19.0. The Morgan fingerprint density at radius 1 is 1.03 bits per heavy atom. The lowest BCUT2D eigenvalue weighted by Gasteiger charge is -2.13. The first kappa shape index (κ1) is 24.9. The number of hydrogen-bond donors (Lipinski definition) is 3. The summed E-state index contributed by atoms with van der Waals surface area (Å²) in [5.41, 5.74) is -0.507. The number of fused-ring (bicyclic) bond motifs is 1. The van der Waals surface area contributed by atoms with Gasteiger partial charge in [-0.15, -0.1) is 0 Å². The molecule has 0 aliphatic rings. The average molecular weight is 523 g/mol. The summed E-state index contributed by atoms with van der Waals surface area (Å²) in [5, 5.41) is 4.79. The van der Waals surface area contributed by atoms with Crippen LogP contribution in [-0.4, -0.2) is 37.4 Å². The largest absolute Gasteiger partial charge is 0.423 e. The number of nitrogens with one attached hydrogen (secondary N) is 3. The fourth-order valence-electron chi connectivity index (χ4n) is 3.09. The first-order valence-corrected chi connectivity index (χ1v) is 11.7. The van der Waals surface area contributed by atoms with Crippen molar-refractivity contribution in [1.29, 1.82) is 0 Å². The van der Waals surface area contributed by atoms with Crippen molar-refractivity contribution in [3.63, 3.8) is 0 Å². The third-order valence-corrected chi connectivity index (χ3v) is 6.07. The molecule has 0 aliphatic carbocycles. The van der Waals surface area contributed by atoms with Gasteiger partial charge >= 0.3 is 6.18 Å². The second-order valence-corrected chi connectivity index (χ2v) is 8.98. The molecule has 0 saturated heterocycles. The number of anilines is 2. The first-order chi connectivity index (χ1) is 17.0. The minimum Gasteiger partial charge on any atom is -0.423 e. The van der Waals surface area contributed by atoms with E-state index >= 15 is 0 Å². The van der Waals surface area contributed by atoms with Gasteiger partial charge in [-0.1, -0.05) is 12.1 Å². The Kier molecular flexibility index (Phi) is 6.79. The van der Waals surface area contributed by atoms with Crippen molar-refractivity contribution in [3.05, 3.63) is 77.7 Å². The molecule has 4 aromatic rings. The molecule has 2 aromatic heterocycles. The molecule has 2 heterocycles. The van der Waals surface area contributed by atoms with Crippen LogP contribution in [-0.2, 0) is 16.2 Å². The molecule has 0 saturated carbocycles. The number of carbonyl (C=O) groups excluding carboxylic acids is 1. The quantitative estimate of drug-likeness (QED) is 0.235. The number of benzene rings is 2. The van der Waals surface area contributed by atoms with Gasteiger partial charge in [0.15, 0.2) is 10.6 Å². The molecule has 2 aromatic carbocycles. The van der Waals surface area contributed by atoms with E-state index in [1.165, 1.54) is 42.5 Å². The molecule has 3 N–H and O–H groups in total. The summed E-state index contributed by atoms with van der Waals surface area (Å²) in [4.78, 5) is 20.1. The summed E-state index contributed by atoms with van der Waals surface area (Å²) in [6.45, 7) is 0.276. The van der Waals surface area contributed by atoms with E-state index in [1.807, 2.05) is 0 Å². The second-order valence-electron chi connectivity index (χ2n) is 7.35. The van der Waals surface area contributed by atoms with Crippen LogP contribution in [0.5, 0.6) is 0 Å². The number of nitrogens with zero attached hydrogens (tertiary/aromatic N) is 2. The number of pyridine rings is 1. The molecule has 0 spiro atoms. The highest BCUT2D eigenvalue weighted by Crippen LogP contribution is 2.29. The van der Waals surface area contributed by atoms with E-state index in [0.29, 0.717) is 17.8 Å². The van der Waals surface area contributed by atoms with Crippen LogP contribution in [0.3, 0.4) is 0 Å². The highest BCUT2D eigenvalue weighted by Gasteiger charge is 2.31. The van der Waals surface area contributed by atoms with Crippen molar-refractivity contribution in [2.75, 3.05) is 23.1 Å². The number of carbonyl (C=O) groups is 1. The molecule has 188 valence electrons. The number of halogens is 4. The highest BCUT2D eigenvalue weighted by atomic mass is 32.2. The van der Waals surface area contributed by atoms with Crippen LogP contribution >= 0.6 is 0 Å². The Morgan fingerprint density at radius 2 is 1.81 bits per heavy atom. The molecule has 0 unspecified atom stereocenters. The number of alkyl halides is 3. The summed E-state index contributed by atoms with van der Waals surface area (Å²) >= 11 is 0. The predicted molar refractivity (Wildman–Crippen MR) is 121 cm³/mol. The monoisotopic (exact) mass is 523 g/mol. The Balaban J connectivity index is 1.38. The van der Waals surface area contributed by atoms with Gasteiger partial charge in [-0.2, -0.15) is 26.6 Å². The third kappa shape index (κ3) is 5.71. The van der Waals surface area contributed by atoms with Gasteiger partial charge in [0.05, 0.1) is 16.8 Å². The third-order valence-electron chi connectivity index (χ3n) is 4.79. The summed E-state index contributed by atoms with van der Waals surface area (Å²) in [5.74, 6) is -1.09. The fraction of sp³-hybridized carbons (Fsp3) is 0.136. The van der Waals surface area contributed by atoms with Crippen molar-refractivity contribution in [1.82, 2.24) is 15.3 Å². The zero-order valence-electron chi connectivity index (χ0n) is 18.1. The zero-order chi connectivity index (χ0) is 25.9. The van der Waals surface area contributed by atoms with Gasteiger partial charge < -0.3 is 15.1 Å². The predicted octanol–water partition coefficient (Wildman–Crippen LogP) is 4.02. The van der Waals surface area contributed by atoms with Crippen molar-refractivity contribution < 1.29 is 35.2 Å². The number of oxazole rings is 1. The molecule has 0 atom stereocenters. The Labute approximate surface area is 201 Å². The van der Waals surface area contributed by atoms with Gasteiger partial charge in [0.2, 0.25) is 0 Å². The van der Waals surface area contributed by atoms with E-state index in [9.17, 15) is 30.8 Å². The minimum atomic E-state index is -4.67. The van der Waals surface area contributed by atoms with Crippen molar-refractivity contribution in [3.8, 4) is 0 Å². The van der Waals surface area contributed by atoms with E-state index in [4.69, 9.17) is 4.42 Å². The summed E-state index contributed by atoms with van der Waals surface area (Å²) in [7, 11) is -4.38. The molecule has 14 heteroatoms. The highest BCUT2D eigenvalue weighted by molar-refractivity contribution is 7.92. The summed E-state index contributed by atoms with van der Waals surface area (Å²) < 4.78 is 84.2. The molecule has 0 radical (unpaired) electrons. The van der Waals surface area contributed by atoms with E-state index in [2.05, 4.69) is 25.3 Å². The van der Waals surface area contributed by atoms with Gasteiger partial charge in [0, 0.05) is 25.4 Å². The van der Waals surface area contributed by atoms with Gasteiger partial charge in [-0.05, 0) is 36.4 Å². The first-order valence-electron chi connectivity index (χ1n) is 10.3. The average Bonchev–Trinajstić information content (AvgIpc) is 3.23. The van der Waals surface area contributed by atoms with E-state index in [-0.39, 0.29) is 35.9 Å². The Bertz CT molecular complexity index is 1510. The van der Waals surface area contributed by atoms with E-state index in [0.717, 1.165) is 6.07 Å². The van der Waals surface area contributed by atoms with Crippen LogP contribution in [0.1, 0.15) is 15.9 Å². The topological polar surface area (TPSA) is 126 Å². The second kappa shape index (κ2) is 9.81. The number of sulfonamides is 1. The normalized spacial score (nSPS) is 11.9. The van der Waals surface area contributed by atoms with Gasteiger partial charge in [-0.25, -0.2) is 9.37 Å². The number of para-hydroxylation sites is 1. The molecule has 36 heavy (non-hydrogen) atoms. The Hall–Kier alpha value is -4.20. The Morgan fingerprint density at radius 3 is 2.53 bits per heavy atom. The van der Waals surface area contributed by atoms with Crippen LogP contribution in [0.2, 0.25) is 0 Å². The van der Waals surface area contributed by atoms with E-state index < -0.39 is 38.5 Å². The molecule has 0 fully saturated rings. The standard InChI is InChI=1S/C22H17F4N5O4S/c23-14-6-7-17-18(11-14)35-21(30-17)28-10-9-27-20(32)15-3-1-2-4-16(15)31-36(33,34)19-8-5-13(12-29-19)22(24,25)26/h1-8,11-12,31H,9-10H2,(H,27,32)(H,28,30). The van der Waals surface area contributed by atoms with E-state index in [1.54, 1.807) is 0 Å². The van der Waals surface area contributed by atoms with Gasteiger partial charge in [0.25, 0.3) is 21.9 Å². The van der Waals surface area contributed by atoms with Crippen LogP contribution in [0.15, 0.2) is 70.2 Å². The lowest BCUT2D eigenvalue weighted by atomic mass is 10.1. The van der Waals surface area contributed by atoms with Gasteiger partial charge in [-0.3, -0.25) is 9.52 Å². The maximum absolute atomic E-state index is 13.3. The maximum atomic E-state index is 13.3. The van der Waals surface area contributed by atoms with Crippen LogP contribution in [0, 0.1) is 5.82 Å². The number of aromatic nitrogens is 2. The summed E-state index contributed by atoms with van der Waals surface area (Å²) in [6, 6.07) is 11.0. The van der Waals surface area contributed by atoms with Crippen molar-refractivity contribution >= 4 is 38.7 Å². The molecular formula is C22H17F4N5O4S. The molecular weight excluding hydrogens is 506 g/mol. The van der Waals surface area contributed by atoms with Crippen LogP contribution < -0.4 is 15.4 Å². The lowest BCUT2D eigenvalue weighted by molar-refractivity contribution is -0.137. The minimum absolute atomic E-state index is 0.0228. The van der Waals surface area contributed by atoms with Crippen molar-refractivity contribution in [2.24, 2.45) is 0 Å². The maximum Gasteiger partial charge on any atom is 0.417 e. The SMILES string of the molecule is O=C(NCCNc1nc2ccc(F)cc2o1)c1ccccc1NS(=O)(=O)c1ccc(C(F)(F)F)cn1.